The average Bonchev–Trinajstić information content (AvgIpc) is 2.94. The maximum absolute atomic E-state index is 12.7. The van der Waals surface area contributed by atoms with Gasteiger partial charge in [0.1, 0.15) is 0 Å². The van der Waals surface area contributed by atoms with E-state index in [0.29, 0.717) is 5.92 Å². The summed E-state index contributed by atoms with van der Waals surface area (Å²) in [5.74, 6) is -1.00. The zero-order chi connectivity index (χ0) is 19.3. The Morgan fingerprint density at radius 1 is 1.23 bits per heavy atom. The van der Waals surface area contributed by atoms with Crippen LogP contribution in [-0.4, -0.2) is 26.4 Å². The van der Waals surface area contributed by atoms with Crippen molar-refractivity contribution in [1.82, 2.24) is 20.1 Å². The minimum atomic E-state index is -4.57. The number of rotatable bonds is 7. The van der Waals surface area contributed by atoms with Crippen LogP contribution in [0.25, 0.3) is 0 Å². The molecule has 142 valence electrons. The number of carbonyl (C=O) groups excluding carboxylic acids is 1. The Labute approximate surface area is 154 Å². The van der Waals surface area contributed by atoms with Gasteiger partial charge in [-0.2, -0.15) is 13.2 Å². The van der Waals surface area contributed by atoms with Crippen LogP contribution in [0.2, 0.25) is 0 Å². The van der Waals surface area contributed by atoms with Crippen LogP contribution in [0, 0.1) is 5.92 Å². The molecule has 0 saturated carbocycles. The van der Waals surface area contributed by atoms with Gasteiger partial charge < -0.3 is 9.88 Å². The summed E-state index contributed by atoms with van der Waals surface area (Å²) < 4.78 is 39.0. The molecule has 2 aromatic rings. The smallest absolute Gasteiger partial charge is 0.349 e. The second kappa shape index (κ2) is 8.57. The quantitative estimate of drug-likeness (QED) is 0.735. The highest BCUT2D eigenvalue weighted by Crippen LogP contribution is 2.29. The zero-order valence-electron chi connectivity index (χ0n) is 14.7. The SMILES string of the molecule is CC(C)CC(NC(=O)CSc1nnc(C(F)(F)F)n1C)c1ccccc1. The van der Waals surface area contributed by atoms with Gasteiger partial charge in [0, 0.05) is 7.05 Å². The maximum Gasteiger partial charge on any atom is 0.451 e. The van der Waals surface area contributed by atoms with Gasteiger partial charge in [-0.25, -0.2) is 0 Å². The van der Waals surface area contributed by atoms with Crippen molar-refractivity contribution in [2.45, 2.75) is 37.6 Å². The zero-order valence-corrected chi connectivity index (χ0v) is 15.6. The lowest BCUT2D eigenvalue weighted by Gasteiger charge is -2.21. The normalized spacial score (nSPS) is 13.0. The summed E-state index contributed by atoms with van der Waals surface area (Å²) in [6, 6.07) is 9.45. The highest BCUT2D eigenvalue weighted by Gasteiger charge is 2.37. The van der Waals surface area contributed by atoms with Gasteiger partial charge in [-0.3, -0.25) is 4.79 Å². The van der Waals surface area contributed by atoms with E-state index in [1.165, 1.54) is 7.05 Å². The van der Waals surface area contributed by atoms with Gasteiger partial charge >= 0.3 is 6.18 Å². The standard InChI is InChI=1S/C17H21F3N4OS/c1-11(2)9-13(12-7-5-4-6-8-12)21-14(25)10-26-16-23-22-15(24(16)3)17(18,19)20/h4-8,11,13H,9-10H2,1-3H3,(H,21,25). The molecule has 0 aliphatic rings. The lowest BCUT2D eigenvalue weighted by molar-refractivity contribution is -0.147. The third kappa shape index (κ3) is 5.48. The molecule has 5 nitrogen and oxygen atoms in total. The van der Waals surface area contributed by atoms with Crippen LogP contribution in [0.15, 0.2) is 35.5 Å². The fourth-order valence-corrected chi connectivity index (χ4v) is 3.21. The minimum absolute atomic E-state index is 0.0364. The van der Waals surface area contributed by atoms with Crippen LogP contribution in [0.5, 0.6) is 0 Å². The van der Waals surface area contributed by atoms with Gasteiger partial charge in [0.15, 0.2) is 5.16 Å². The number of nitrogens with zero attached hydrogens (tertiary/aromatic N) is 3. The monoisotopic (exact) mass is 386 g/mol. The molecule has 1 atom stereocenters. The number of hydrogen-bond donors (Lipinski definition) is 1. The van der Waals surface area contributed by atoms with Crippen molar-refractivity contribution in [1.29, 1.82) is 0 Å². The fraction of sp³-hybridized carbons (Fsp3) is 0.471. The molecule has 1 unspecified atom stereocenters. The molecule has 9 heteroatoms. The second-order valence-electron chi connectivity index (χ2n) is 6.31. The number of nitrogens with one attached hydrogen (secondary N) is 1. The van der Waals surface area contributed by atoms with E-state index in [4.69, 9.17) is 0 Å². The molecule has 0 aliphatic heterocycles. The first-order valence-corrected chi connectivity index (χ1v) is 9.10. The van der Waals surface area contributed by atoms with Crippen molar-refractivity contribution in [3.8, 4) is 0 Å². The summed E-state index contributed by atoms with van der Waals surface area (Å²) in [5, 5.41) is 9.66. The van der Waals surface area contributed by atoms with Gasteiger partial charge in [-0.1, -0.05) is 55.9 Å². The Balaban J connectivity index is 2.00. The number of thioether (sulfide) groups is 1. The molecule has 0 aliphatic carbocycles. The van der Waals surface area contributed by atoms with E-state index in [-0.39, 0.29) is 22.9 Å². The summed E-state index contributed by atoms with van der Waals surface area (Å²) in [6.45, 7) is 4.13. The van der Waals surface area contributed by atoms with Crippen LogP contribution in [0.1, 0.15) is 37.7 Å². The third-order valence-electron chi connectivity index (χ3n) is 3.67. The molecule has 26 heavy (non-hydrogen) atoms. The minimum Gasteiger partial charge on any atom is -0.349 e. The number of amides is 1. The predicted octanol–water partition coefficient (Wildman–Crippen LogP) is 3.83. The first-order chi connectivity index (χ1) is 12.2. The van der Waals surface area contributed by atoms with Crippen molar-refractivity contribution in [2.24, 2.45) is 13.0 Å². The molecule has 1 N–H and O–H groups in total. The van der Waals surface area contributed by atoms with E-state index >= 15 is 0 Å². The van der Waals surface area contributed by atoms with Gasteiger partial charge in [-0.05, 0) is 17.9 Å². The molecule has 2 rings (SSSR count). The van der Waals surface area contributed by atoms with Gasteiger partial charge in [0.2, 0.25) is 11.7 Å². The third-order valence-corrected chi connectivity index (χ3v) is 4.69. The molecule has 0 spiro atoms. The largest absolute Gasteiger partial charge is 0.451 e. The molecular weight excluding hydrogens is 365 g/mol. The maximum atomic E-state index is 12.7. The van der Waals surface area contributed by atoms with Crippen molar-refractivity contribution in [3.63, 3.8) is 0 Å². The summed E-state index contributed by atoms with van der Waals surface area (Å²) in [4.78, 5) is 12.3. The van der Waals surface area contributed by atoms with Gasteiger partial charge in [0.25, 0.3) is 0 Å². The van der Waals surface area contributed by atoms with Crippen LogP contribution < -0.4 is 5.32 Å². The van der Waals surface area contributed by atoms with Crippen molar-refractivity contribution >= 4 is 17.7 Å². The molecule has 1 heterocycles. The summed E-state index contributed by atoms with van der Waals surface area (Å²) in [5.41, 5.74) is 0.998. The molecular formula is C17H21F3N4OS. The Hall–Kier alpha value is -2.03. The number of halogens is 3. The molecule has 0 saturated heterocycles. The molecule has 0 bridgehead atoms. The number of hydrogen-bond acceptors (Lipinski definition) is 4. The topological polar surface area (TPSA) is 59.8 Å². The van der Waals surface area contributed by atoms with Gasteiger partial charge in [0.05, 0.1) is 11.8 Å². The Morgan fingerprint density at radius 2 is 1.88 bits per heavy atom. The average molecular weight is 386 g/mol. The molecule has 0 radical (unpaired) electrons. The Kier molecular flexibility index (Phi) is 6.69. The Bertz CT molecular complexity index is 731. The van der Waals surface area contributed by atoms with Gasteiger partial charge in [-0.15, -0.1) is 10.2 Å². The van der Waals surface area contributed by atoms with Crippen molar-refractivity contribution < 1.29 is 18.0 Å². The van der Waals surface area contributed by atoms with E-state index in [1.54, 1.807) is 0 Å². The number of benzene rings is 1. The Morgan fingerprint density at radius 3 is 2.42 bits per heavy atom. The summed E-state index contributed by atoms with van der Waals surface area (Å²) in [6.07, 6.45) is -3.80. The predicted molar refractivity (Wildman–Crippen MR) is 93.5 cm³/mol. The van der Waals surface area contributed by atoms with Crippen molar-refractivity contribution in [2.75, 3.05) is 5.75 Å². The van der Waals surface area contributed by atoms with Crippen LogP contribution in [0.4, 0.5) is 13.2 Å². The number of carbonyl (C=O) groups is 1. The van der Waals surface area contributed by atoms with Crippen LogP contribution in [0.3, 0.4) is 0 Å². The summed E-state index contributed by atoms with van der Waals surface area (Å²) >= 11 is 0.925. The number of alkyl halides is 3. The molecule has 1 aromatic carbocycles. The van der Waals surface area contributed by atoms with Crippen molar-refractivity contribution in [3.05, 3.63) is 41.7 Å². The second-order valence-corrected chi connectivity index (χ2v) is 7.25. The first-order valence-electron chi connectivity index (χ1n) is 8.12. The number of aromatic nitrogens is 3. The molecule has 1 aromatic heterocycles. The molecule has 1 amide bonds. The first kappa shape index (κ1) is 20.3. The van der Waals surface area contributed by atoms with E-state index in [9.17, 15) is 18.0 Å². The van der Waals surface area contributed by atoms with E-state index in [1.807, 2.05) is 30.3 Å². The highest BCUT2D eigenvalue weighted by molar-refractivity contribution is 7.99. The van der Waals surface area contributed by atoms with E-state index in [0.717, 1.165) is 28.3 Å². The summed E-state index contributed by atoms with van der Waals surface area (Å²) in [7, 11) is 1.23. The van der Waals surface area contributed by atoms with Crippen LogP contribution >= 0.6 is 11.8 Å². The fourth-order valence-electron chi connectivity index (χ4n) is 2.49. The van der Waals surface area contributed by atoms with E-state index in [2.05, 4.69) is 29.4 Å². The lowest BCUT2D eigenvalue weighted by atomic mass is 9.97. The highest BCUT2D eigenvalue weighted by atomic mass is 32.2. The lowest BCUT2D eigenvalue weighted by Crippen LogP contribution is -2.31. The van der Waals surface area contributed by atoms with E-state index < -0.39 is 12.0 Å². The molecule has 0 fully saturated rings. The van der Waals surface area contributed by atoms with Crippen LogP contribution in [-0.2, 0) is 18.0 Å².